The molecule has 2 aromatic carbocycles. The second kappa shape index (κ2) is 7.06. The summed E-state index contributed by atoms with van der Waals surface area (Å²) in [5.74, 6) is 0.191. The molecule has 0 fully saturated rings. The van der Waals surface area contributed by atoms with E-state index in [-0.39, 0.29) is 5.75 Å². The number of unbranched alkanes of at least 4 members (excludes halogenated alkanes) is 1. The van der Waals surface area contributed by atoms with Crippen molar-refractivity contribution >= 4 is 15.9 Å². The Bertz CT molecular complexity index is 644. The molecule has 104 valence electrons. The van der Waals surface area contributed by atoms with Crippen molar-refractivity contribution < 1.29 is 8.42 Å². The molecule has 0 unspecified atom stereocenters. The van der Waals surface area contributed by atoms with Crippen LogP contribution in [0.5, 0.6) is 0 Å². The van der Waals surface area contributed by atoms with Gasteiger partial charge in [0.15, 0.2) is 9.84 Å². The molecule has 3 heteroatoms. The first-order valence-corrected chi connectivity index (χ1v) is 8.33. The van der Waals surface area contributed by atoms with E-state index in [1.54, 1.807) is 24.3 Å². The SMILES string of the molecule is O=S(=O)(CCC/C=C/c1ccccc1)c1ccccc1. The standard InChI is InChI=1S/C17H18O2S/c18-20(19,17-13-7-2-8-14-17)15-9-3-6-12-16-10-4-1-5-11-16/h1-2,4-8,10-14H,3,9,15H2/b12-6+. The number of allylic oxidation sites excluding steroid dienone is 1. The van der Waals surface area contributed by atoms with Crippen LogP contribution in [0.1, 0.15) is 18.4 Å². The van der Waals surface area contributed by atoms with Crippen LogP contribution in [0, 0.1) is 0 Å². The highest BCUT2D eigenvalue weighted by molar-refractivity contribution is 7.91. The third kappa shape index (κ3) is 4.35. The molecule has 0 bridgehead atoms. The molecule has 0 aliphatic carbocycles. The monoisotopic (exact) mass is 286 g/mol. The predicted molar refractivity (Wildman–Crippen MR) is 83.2 cm³/mol. The molecular weight excluding hydrogens is 268 g/mol. The number of hydrogen-bond acceptors (Lipinski definition) is 2. The highest BCUT2D eigenvalue weighted by Gasteiger charge is 2.12. The summed E-state index contributed by atoms with van der Waals surface area (Å²) in [5.41, 5.74) is 1.14. The van der Waals surface area contributed by atoms with Crippen molar-refractivity contribution in [1.82, 2.24) is 0 Å². The molecule has 0 radical (unpaired) electrons. The predicted octanol–water partition coefficient (Wildman–Crippen LogP) is 3.95. The van der Waals surface area contributed by atoms with Crippen molar-refractivity contribution in [2.24, 2.45) is 0 Å². The fourth-order valence-electron chi connectivity index (χ4n) is 1.92. The molecule has 0 amide bonds. The van der Waals surface area contributed by atoms with Crippen molar-refractivity contribution in [3.8, 4) is 0 Å². The Kier molecular flexibility index (Phi) is 5.13. The average Bonchev–Trinajstić information content (AvgIpc) is 2.49. The molecule has 20 heavy (non-hydrogen) atoms. The third-order valence-electron chi connectivity index (χ3n) is 3.00. The smallest absolute Gasteiger partial charge is 0.178 e. The lowest BCUT2D eigenvalue weighted by Crippen LogP contribution is -2.06. The summed E-state index contributed by atoms with van der Waals surface area (Å²) in [6.07, 6.45) is 5.45. The second-order valence-electron chi connectivity index (χ2n) is 4.59. The molecule has 0 saturated carbocycles. The van der Waals surface area contributed by atoms with Gasteiger partial charge < -0.3 is 0 Å². The molecule has 0 atom stereocenters. The minimum absolute atomic E-state index is 0.191. The Hall–Kier alpha value is -1.87. The first kappa shape index (κ1) is 14.5. The summed E-state index contributed by atoms with van der Waals surface area (Å²) < 4.78 is 24.1. The maximum atomic E-state index is 12.0. The van der Waals surface area contributed by atoms with Gasteiger partial charge >= 0.3 is 0 Å². The maximum absolute atomic E-state index is 12.0. The first-order valence-electron chi connectivity index (χ1n) is 6.68. The van der Waals surface area contributed by atoms with E-state index in [9.17, 15) is 8.42 Å². The number of benzene rings is 2. The van der Waals surface area contributed by atoms with Gasteiger partial charge in [-0.15, -0.1) is 0 Å². The van der Waals surface area contributed by atoms with Gasteiger partial charge in [0.25, 0.3) is 0 Å². The number of rotatable bonds is 6. The highest BCUT2D eigenvalue weighted by atomic mass is 32.2. The molecule has 0 heterocycles. The van der Waals surface area contributed by atoms with E-state index in [0.29, 0.717) is 11.3 Å². The molecule has 0 spiro atoms. The van der Waals surface area contributed by atoms with Crippen LogP contribution in [0.2, 0.25) is 0 Å². The third-order valence-corrected chi connectivity index (χ3v) is 4.81. The van der Waals surface area contributed by atoms with E-state index < -0.39 is 9.84 Å². The molecule has 0 saturated heterocycles. The van der Waals surface area contributed by atoms with Gasteiger partial charge in [-0.3, -0.25) is 0 Å². The molecule has 2 aromatic rings. The van der Waals surface area contributed by atoms with Crippen molar-refractivity contribution in [3.63, 3.8) is 0 Å². The Morgan fingerprint density at radius 3 is 2.10 bits per heavy atom. The summed E-state index contributed by atoms with van der Waals surface area (Å²) >= 11 is 0. The van der Waals surface area contributed by atoms with Crippen LogP contribution in [0.4, 0.5) is 0 Å². The lowest BCUT2D eigenvalue weighted by Gasteiger charge is -2.02. The van der Waals surface area contributed by atoms with Crippen LogP contribution in [-0.2, 0) is 9.84 Å². The normalized spacial score (nSPS) is 11.8. The zero-order chi connectivity index (χ0) is 14.3. The van der Waals surface area contributed by atoms with E-state index in [4.69, 9.17) is 0 Å². The van der Waals surface area contributed by atoms with Gasteiger partial charge in [0.05, 0.1) is 10.6 Å². The van der Waals surface area contributed by atoms with E-state index in [1.165, 1.54) is 0 Å². The van der Waals surface area contributed by atoms with Crippen LogP contribution in [-0.4, -0.2) is 14.2 Å². The summed E-state index contributed by atoms with van der Waals surface area (Å²) in [5, 5.41) is 0. The Morgan fingerprint density at radius 2 is 1.45 bits per heavy atom. The largest absolute Gasteiger partial charge is 0.224 e. The summed E-state index contributed by atoms with van der Waals surface area (Å²) in [4.78, 5) is 0.409. The number of hydrogen-bond donors (Lipinski definition) is 0. The van der Waals surface area contributed by atoms with Gasteiger partial charge in [-0.25, -0.2) is 8.42 Å². The highest BCUT2D eigenvalue weighted by Crippen LogP contribution is 2.12. The summed E-state index contributed by atoms with van der Waals surface area (Å²) in [6.45, 7) is 0. The summed E-state index contributed by atoms with van der Waals surface area (Å²) in [6, 6.07) is 18.6. The van der Waals surface area contributed by atoms with Crippen LogP contribution in [0.3, 0.4) is 0 Å². The van der Waals surface area contributed by atoms with Crippen LogP contribution < -0.4 is 0 Å². The first-order chi connectivity index (χ1) is 9.68. The Balaban J connectivity index is 1.83. The second-order valence-corrected chi connectivity index (χ2v) is 6.70. The zero-order valence-corrected chi connectivity index (χ0v) is 12.1. The minimum Gasteiger partial charge on any atom is -0.224 e. The van der Waals surface area contributed by atoms with E-state index >= 15 is 0 Å². The summed E-state index contributed by atoms with van der Waals surface area (Å²) in [7, 11) is -3.14. The molecule has 0 aromatic heterocycles. The van der Waals surface area contributed by atoms with Crippen molar-refractivity contribution in [3.05, 3.63) is 72.3 Å². The van der Waals surface area contributed by atoms with Crippen LogP contribution in [0.15, 0.2) is 71.6 Å². The molecule has 0 aliphatic rings. The van der Waals surface area contributed by atoms with Crippen molar-refractivity contribution in [2.75, 3.05) is 5.75 Å². The van der Waals surface area contributed by atoms with Gasteiger partial charge in [-0.2, -0.15) is 0 Å². The van der Waals surface area contributed by atoms with E-state index in [0.717, 1.165) is 12.0 Å². The average molecular weight is 286 g/mol. The quantitative estimate of drug-likeness (QED) is 0.753. The fraction of sp³-hybridized carbons (Fsp3) is 0.176. The molecule has 2 rings (SSSR count). The van der Waals surface area contributed by atoms with Gasteiger partial charge in [0, 0.05) is 0 Å². The minimum atomic E-state index is -3.14. The van der Waals surface area contributed by atoms with Crippen molar-refractivity contribution in [2.45, 2.75) is 17.7 Å². The molecule has 0 N–H and O–H groups in total. The Labute approximate surface area is 120 Å². The van der Waals surface area contributed by atoms with E-state index in [2.05, 4.69) is 0 Å². The lowest BCUT2D eigenvalue weighted by molar-refractivity contribution is 0.593. The lowest BCUT2D eigenvalue weighted by atomic mass is 10.2. The van der Waals surface area contributed by atoms with Gasteiger partial charge in [0.2, 0.25) is 0 Å². The number of sulfone groups is 1. The zero-order valence-electron chi connectivity index (χ0n) is 11.3. The van der Waals surface area contributed by atoms with Gasteiger partial charge in [-0.1, -0.05) is 60.7 Å². The topological polar surface area (TPSA) is 34.1 Å². The van der Waals surface area contributed by atoms with Crippen LogP contribution >= 0.6 is 0 Å². The maximum Gasteiger partial charge on any atom is 0.178 e. The Morgan fingerprint density at radius 1 is 0.850 bits per heavy atom. The van der Waals surface area contributed by atoms with Crippen LogP contribution in [0.25, 0.3) is 6.08 Å². The molecule has 2 nitrogen and oxygen atoms in total. The van der Waals surface area contributed by atoms with Crippen molar-refractivity contribution in [1.29, 1.82) is 0 Å². The van der Waals surface area contributed by atoms with Gasteiger partial charge in [-0.05, 0) is 30.5 Å². The molecule has 0 aliphatic heterocycles. The fourth-order valence-corrected chi connectivity index (χ4v) is 3.27. The molecular formula is C17H18O2S. The van der Waals surface area contributed by atoms with E-state index in [1.807, 2.05) is 48.6 Å². The van der Waals surface area contributed by atoms with Gasteiger partial charge in [0.1, 0.15) is 0 Å².